The molecular formula is C28H26N2O5S. The summed E-state index contributed by atoms with van der Waals surface area (Å²) < 4.78 is 31.5. The number of fused-ring (bicyclic) bond motifs is 1. The molecule has 0 radical (unpaired) electrons. The summed E-state index contributed by atoms with van der Waals surface area (Å²) >= 11 is 0. The SMILES string of the molecule is COc1ccc(S(=O)(=O)Cc2cnc(N3C[C@H](c4ccccc4)C[C@H]3C(=O)O)c3ccccc23)cc1. The highest BCUT2D eigenvalue weighted by atomic mass is 32.2. The maximum absolute atomic E-state index is 13.2. The molecule has 0 bridgehead atoms. The van der Waals surface area contributed by atoms with Gasteiger partial charge in [0.15, 0.2) is 9.84 Å². The molecule has 0 saturated carbocycles. The molecule has 0 amide bonds. The van der Waals surface area contributed by atoms with Gasteiger partial charge in [0.2, 0.25) is 0 Å². The van der Waals surface area contributed by atoms with Crippen LogP contribution in [-0.4, -0.2) is 44.2 Å². The predicted molar refractivity (Wildman–Crippen MR) is 138 cm³/mol. The Bertz CT molecular complexity index is 1500. The maximum atomic E-state index is 13.2. The van der Waals surface area contributed by atoms with Gasteiger partial charge < -0.3 is 14.7 Å². The summed E-state index contributed by atoms with van der Waals surface area (Å²) in [6, 6.07) is 22.9. The standard InChI is InChI=1S/C28H26N2O5S/c1-35-22-11-13-23(14-12-22)36(33,34)18-21-16-29-27(25-10-6-5-9-24(21)25)30-17-20(15-26(30)28(31)32)19-7-3-2-4-8-19/h2-14,16,20,26H,15,17-18H2,1H3,(H,31,32)/t20-,26+/m1/s1. The number of hydrogen-bond donors (Lipinski definition) is 1. The Kier molecular flexibility index (Phi) is 6.36. The van der Waals surface area contributed by atoms with Crippen LogP contribution in [0.1, 0.15) is 23.5 Å². The number of benzene rings is 3. The molecule has 184 valence electrons. The second kappa shape index (κ2) is 9.62. The number of anilines is 1. The summed E-state index contributed by atoms with van der Waals surface area (Å²) in [7, 11) is -2.11. The van der Waals surface area contributed by atoms with Crippen LogP contribution >= 0.6 is 0 Å². The predicted octanol–water partition coefficient (Wildman–Crippen LogP) is 4.66. The highest BCUT2D eigenvalue weighted by Crippen LogP contribution is 2.38. The van der Waals surface area contributed by atoms with Crippen LogP contribution in [0, 0.1) is 0 Å². The Labute approximate surface area is 209 Å². The molecule has 8 heteroatoms. The van der Waals surface area contributed by atoms with E-state index >= 15 is 0 Å². The van der Waals surface area contributed by atoms with Crippen LogP contribution in [0.3, 0.4) is 0 Å². The van der Waals surface area contributed by atoms with Crippen molar-refractivity contribution < 1.29 is 23.1 Å². The molecule has 0 spiro atoms. The third kappa shape index (κ3) is 4.52. The van der Waals surface area contributed by atoms with Crippen LogP contribution in [0.15, 0.2) is 90.0 Å². The van der Waals surface area contributed by atoms with E-state index in [0.717, 1.165) is 16.3 Å². The van der Waals surface area contributed by atoms with Gasteiger partial charge in [0.05, 0.1) is 17.8 Å². The van der Waals surface area contributed by atoms with Crippen LogP contribution in [0.2, 0.25) is 0 Å². The van der Waals surface area contributed by atoms with Crippen molar-refractivity contribution in [2.75, 3.05) is 18.6 Å². The van der Waals surface area contributed by atoms with Crippen molar-refractivity contribution in [2.24, 2.45) is 0 Å². The Morgan fingerprint density at radius 2 is 1.67 bits per heavy atom. The van der Waals surface area contributed by atoms with Crippen molar-refractivity contribution in [1.29, 1.82) is 0 Å². The van der Waals surface area contributed by atoms with Gasteiger partial charge in [-0.2, -0.15) is 0 Å². The number of ether oxygens (including phenoxy) is 1. The third-order valence-corrected chi connectivity index (χ3v) is 8.43. The molecule has 1 aliphatic rings. The van der Waals surface area contributed by atoms with Gasteiger partial charge in [0.25, 0.3) is 0 Å². The molecule has 1 aromatic heterocycles. The van der Waals surface area contributed by atoms with Gasteiger partial charge in [-0.15, -0.1) is 0 Å². The van der Waals surface area contributed by atoms with Gasteiger partial charge >= 0.3 is 5.97 Å². The van der Waals surface area contributed by atoms with E-state index in [-0.39, 0.29) is 16.6 Å². The number of sulfone groups is 1. The number of carboxylic acid groups (broad SMARTS) is 1. The first-order chi connectivity index (χ1) is 17.4. The highest BCUT2D eigenvalue weighted by Gasteiger charge is 2.39. The number of aliphatic carboxylic acids is 1. The average Bonchev–Trinajstić information content (AvgIpc) is 3.35. The molecule has 1 fully saturated rings. The minimum Gasteiger partial charge on any atom is -0.497 e. The molecule has 1 aliphatic heterocycles. The van der Waals surface area contributed by atoms with Crippen LogP contribution < -0.4 is 9.64 Å². The Morgan fingerprint density at radius 3 is 2.33 bits per heavy atom. The second-order valence-electron chi connectivity index (χ2n) is 8.94. The Hall–Kier alpha value is -3.91. The lowest BCUT2D eigenvalue weighted by Crippen LogP contribution is -2.36. The lowest BCUT2D eigenvalue weighted by atomic mass is 9.96. The summed E-state index contributed by atoms with van der Waals surface area (Å²) in [4.78, 5) is 18.9. The number of pyridine rings is 1. The molecule has 7 nitrogen and oxygen atoms in total. The van der Waals surface area contributed by atoms with E-state index in [1.807, 2.05) is 59.5 Å². The molecule has 0 unspecified atom stereocenters. The second-order valence-corrected chi connectivity index (χ2v) is 10.9. The van der Waals surface area contributed by atoms with Gasteiger partial charge in [-0.1, -0.05) is 54.6 Å². The van der Waals surface area contributed by atoms with Crippen molar-refractivity contribution in [2.45, 2.75) is 29.0 Å². The van der Waals surface area contributed by atoms with Gasteiger partial charge in [-0.25, -0.2) is 18.2 Å². The minimum absolute atomic E-state index is 0.0583. The zero-order chi connectivity index (χ0) is 25.3. The number of carbonyl (C=O) groups is 1. The summed E-state index contributed by atoms with van der Waals surface area (Å²) in [6.07, 6.45) is 2.04. The van der Waals surface area contributed by atoms with E-state index in [0.29, 0.717) is 30.1 Å². The van der Waals surface area contributed by atoms with Crippen molar-refractivity contribution >= 4 is 32.4 Å². The molecule has 4 aromatic rings. The maximum Gasteiger partial charge on any atom is 0.326 e. The molecule has 1 saturated heterocycles. The van der Waals surface area contributed by atoms with Crippen LogP contribution in [0.25, 0.3) is 10.8 Å². The van der Waals surface area contributed by atoms with Crippen LogP contribution in [0.4, 0.5) is 5.82 Å². The van der Waals surface area contributed by atoms with Gasteiger partial charge in [-0.05, 0) is 47.2 Å². The average molecular weight is 503 g/mol. The van der Waals surface area contributed by atoms with E-state index in [9.17, 15) is 18.3 Å². The molecule has 1 N–H and O–H groups in total. The number of carboxylic acids is 1. The van der Waals surface area contributed by atoms with Gasteiger partial charge in [-0.3, -0.25) is 0 Å². The third-order valence-electron chi connectivity index (χ3n) is 6.75. The fourth-order valence-electron chi connectivity index (χ4n) is 4.92. The number of nitrogens with zero attached hydrogens (tertiary/aromatic N) is 2. The number of methoxy groups -OCH3 is 1. The first-order valence-electron chi connectivity index (χ1n) is 11.6. The topological polar surface area (TPSA) is 96.8 Å². The molecule has 0 aliphatic carbocycles. The Morgan fingerprint density at radius 1 is 1.00 bits per heavy atom. The lowest BCUT2D eigenvalue weighted by molar-refractivity contribution is -0.138. The van der Waals surface area contributed by atoms with Gasteiger partial charge in [0.1, 0.15) is 17.6 Å². The zero-order valence-corrected chi connectivity index (χ0v) is 20.6. The highest BCUT2D eigenvalue weighted by molar-refractivity contribution is 7.90. The van der Waals surface area contributed by atoms with Crippen molar-refractivity contribution in [3.8, 4) is 5.75 Å². The van der Waals surface area contributed by atoms with Gasteiger partial charge in [0, 0.05) is 24.0 Å². The molecule has 2 heterocycles. The Balaban J connectivity index is 1.51. The first kappa shape index (κ1) is 23.8. The molecule has 3 aromatic carbocycles. The van der Waals surface area contributed by atoms with Crippen LogP contribution in [0.5, 0.6) is 5.75 Å². The lowest BCUT2D eigenvalue weighted by Gasteiger charge is -2.24. The van der Waals surface area contributed by atoms with Crippen molar-refractivity contribution in [3.63, 3.8) is 0 Å². The zero-order valence-electron chi connectivity index (χ0n) is 19.7. The van der Waals surface area contributed by atoms with Crippen molar-refractivity contribution in [1.82, 2.24) is 4.98 Å². The monoisotopic (exact) mass is 502 g/mol. The fourth-order valence-corrected chi connectivity index (χ4v) is 6.28. The molecule has 5 rings (SSSR count). The van der Waals surface area contributed by atoms with E-state index < -0.39 is 21.8 Å². The number of hydrogen-bond acceptors (Lipinski definition) is 6. The van der Waals surface area contributed by atoms with Crippen LogP contribution in [-0.2, 0) is 20.4 Å². The van der Waals surface area contributed by atoms with E-state index in [1.165, 1.54) is 19.2 Å². The normalized spacial score (nSPS) is 17.9. The first-order valence-corrected chi connectivity index (χ1v) is 13.3. The van der Waals surface area contributed by atoms with Crippen molar-refractivity contribution in [3.05, 3.63) is 96.2 Å². The summed E-state index contributed by atoms with van der Waals surface area (Å²) in [6.45, 7) is 0.515. The summed E-state index contributed by atoms with van der Waals surface area (Å²) in [5.74, 6) is 0.0792. The van der Waals surface area contributed by atoms with E-state index in [1.54, 1.807) is 18.3 Å². The smallest absolute Gasteiger partial charge is 0.326 e. The number of rotatable bonds is 7. The molecule has 2 atom stereocenters. The van der Waals surface area contributed by atoms with E-state index in [2.05, 4.69) is 4.98 Å². The minimum atomic E-state index is -3.63. The largest absolute Gasteiger partial charge is 0.497 e. The fraction of sp³-hybridized carbons (Fsp3) is 0.214. The summed E-state index contributed by atoms with van der Waals surface area (Å²) in [5, 5.41) is 11.5. The summed E-state index contributed by atoms with van der Waals surface area (Å²) in [5.41, 5.74) is 1.66. The molecular weight excluding hydrogens is 476 g/mol. The quantitative estimate of drug-likeness (QED) is 0.392. The molecule has 36 heavy (non-hydrogen) atoms. The number of aromatic nitrogens is 1. The van der Waals surface area contributed by atoms with E-state index in [4.69, 9.17) is 4.74 Å².